The number of hydrogen-bond acceptors (Lipinski definition) is 4. The van der Waals surface area contributed by atoms with E-state index in [0.29, 0.717) is 23.5 Å². The molecule has 2 amide bonds. The van der Waals surface area contributed by atoms with Crippen LogP contribution in [0.5, 0.6) is 0 Å². The molecule has 0 aliphatic heterocycles. The molecule has 3 rings (SSSR count). The van der Waals surface area contributed by atoms with Crippen LogP contribution in [0.25, 0.3) is 5.69 Å². The fraction of sp³-hybridized carbons (Fsp3) is 0.105. The van der Waals surface area contributed by atoms with Crippen LogP contribution in [0.1, 0.15) is 17.3 Å². The second kappa shape index (κ2) is 7.98. The van der Waals surface area contributed by atoms with Gasteiger partial charge in [-0.25, -0.2) is 9.78 Å². The molecule has 2 aromatic carbocycles. The van der Waals surface area contributed by atoms with Crippen molar-refractivity contribution in [2.45, 2.75) is 6.92 Å². The van der Waals surface area contributed by atoms with E-state index in [-0.39, 0.29) is 5.91 Å². The average molecular weight is 350 g/mol. The maximum atomic E-state index is 12.3. The maximum absolute atomic E-state index is 12.3. The minimum Gasteiger partial charge on any atom is -0.450 e. The third-order valence-corrected chi connectivity index (χ3v) is 3.60. The van der Waals surface area contributed by atoms with Gasteiger partial charge in [-0.15, -0.1) is 0 Å². The number of carbonyl (C=O) groups is 2. The smallest absolute Gasteiger partial charge is 0.411 e. The standard InChI is InChI=1S/C19H18N4O3/c1-2-26-19(25)22-16-7-5-15(6-8-16)21-18(24)14-3-9-17(10-4-14)23-12-11-20-13-23/h3-13H,2H2,1H3,(H,21,24)(H,22,25). The van der Waals surface area contributed by atoms with Gasteiger partial charge in [-0.05, 0) is 55.5 Å². The maximum Gasteiger partial charge on any atom is 0.411 e. The van der Waals surface area contributed by atoms with Gasteiger partial charge in [0.2, 0.25) is 0 Å². The number of imidazole rings is 1. The molecule has 0 fully saturated rings. The highest BCUT2D eigenvalue weighted by Gasteiger charge is 2.07. The molecule has 7 nitrogen and oxygen atoms in total. The van der Waals surface area contributed by atoms with Gasteiger partial charge in [-0.3, -0.25) is 10.1 Å². The van der Waals surface area contributed by atoms with E-state index < -0.39 is 6.09 Å². The van der Waals surface area contributed by atoms with Crippen LogP contribution in [-0.2, 0) is 4.74 Å². The van der Waals surface area contributed by atoms with E-state index >= 15 is 0 Å². The van der Waals surface area contributed by atoms with E-state index in [0.717, 1.165) is 5.69 Å². The van der Waals surface area contributed by atoms with Crippen molar-refractivity contribution in [3.63, 3.8) is 0 Å². The first kappa shape index (κ1) is 17.2. The van der Waals surface area contributed by atoms with Crippen molar-refractivity contribution in [1.82, 2.24) is 9.55 Å². The Labute approximate surface area is 150 Å². The minimum absolute atomic E-state index is 0.215. The molecule has 0 aliphatic carbocycles. The van der Waals surface area contributed by atoms with E-state index in [4.69, 9.17) is 4.74 Å². The van der Waals surface area contributed by atoms with Crippen LogP contribution in [0.4, 0.5) is 16.2 Å². The Kier molecular flexibility index (Phi) is 5.28. The third-order valence-electron chi connectivity index (χ3n) is 3.60. The summed E-state index contributed by atoms with van der Waals surface area (Å²) >= 11 is 0. The molecule has 3 aromatic rings. The van der Waals surface area contributed by atoms with Crippen LogP contribution in [0.2, 0.25) is 0 Å². The lowest BCUT2D eigenvalue weighted by molar-refractivity contribution is 0.102. The van der Waals surface area contributed by atoms with E-state index in [1.54, 1.807) is 55.8 Å². The molecule has 0 radical (unpaired) electrons. The number of nitrogens with zero attached hydrogens (tertiary/aromatic N) is 2. The Balaban J connectivity index is 1.61. The Morgan fingerprint density at radius 2 is 1.65 bits per heavy atom. The number of hydrogen-bond donors (Lipinski definition) is 2. The van der Waals surface area contributed by atoms with Crippen molar-refractivity contribution < 1.29 is 14.3 Å². The fourth-order valence-electron chi connectivity index (χ4n) is 2.32. The summed E-state index contributed by atoms with van der Waals surface area (Å²) in [6, 6.07) is 14.0. The normalized spacial score (nSPS) is 10.2. The second-order valence-electron chi connectivity index (χ2n) is 5.39. The molecule has 2 N–H and O–H groups in total. The van der Waals surface area contributed by atoms with Crippen molar-refractivity contribution in [1.29, 1.82) is 0 Å². The molecular formula is C19H18N4O3. The summed E-state index contributed by atoms with van der Waals surface area (Å²) in [4.78, 5) is 27.7. The lowest BCUT2D eigenvalue weighted by atomic mass is 10.2. The van der Waals surface area contributed by atoms with E-state index in [1.807, 2.05) is 22.9 Å². The molecule has 0 saturated heterocycles. The van der Waals surface area contributed by atoms with Crippen LogP contribution in [0.15, 0.2) is 67.3 Å². The van der Waals surface area contributed by atoms with Gasteiger partial charge >= 0.3 is 6.09 Å². The number of rotatable bonds is 5. The summed E-state index contributed by atoms with van der Waals surface area (Å²) < 4.78 is 6.67. The summed E-state index contributed by atoms with van der Waals surface area (Å²) in [5, 5.41) is 5.41. The lowest BCUT2D eigenvalue weighted by Gasteiger charge is -2.08. The van der Waals surface area contributed by atoms with Crippen molar-refractivity contribution in [3.05, 3.63) is 72.8 Å². The Bertz CT molecular complexity index is 872. The van der Waals surface area contributed by atoms with Gasteiger partial charge in [-0.2, -0.15) is 0 Å². The second-order valence-corrected chi connectivity index (χ2v) is 5.39. The lowest BCUT2D eigenvalue weighted by Crippen LogP contribution is -2.14. The van der Waals surface area contributed by atoms with Gasteiger partial charge in [0.15, 0.2) is 0 Å². The van der Waals surface area contributed by atoms with Crippen molar-refractivity contribution >= 4 is 23.4 Å². The third kappa shape index (κ3) is 4.27. The van der Waals surface area contributed by atoms with Gasteiger partial charge < -0.3 is 14.6 Å². The molecule has 0 spiro atoms. The zero-order valence-electron chi connectivity index (χ0n) is 14.2. The van der Waals surface area contributed by atoms with Gasteiger partial charge in [0, 0.05) is 35.0 Å². The van der Waals surface area contributed by atoms with E-state index in [2.05, 4.69) is 15.6 Å². The molecule has 0 saturated carbocycles. The summed E-state index contributed by atoms with van der Waals surface area (Å²) in [5.74, 6) is -0.215. The Hall–Kier alpha value is -3.61. The first-order valence-corrected chi connectivity index (χ1v) is 8.09. The van der Waals surface area contributed by atoms with Gasteiger partial charge in [0.1, 0.15) is 0 Å². The fourth-order valence-corrected chi connectivity index (χ4v) is 2.32. The average Bonchev–Trinajstić information content (AvgIpc) is 3.18. The summed E-state index contributed by atoms with van der Waals surface area (Å²) in [7, 11) is 0. The highest BCUT2D eigenvalue weighted by molar-refractivity contribution is 6.04. The SMILES string of the molecule is CCOC(=O)Nc1ccc(NC(=O)c2ccc(-n3ccnc3)cc2)cc1. The zero-order chi connectivity index (χ0) is 18.4. The van der Waals surface area contributed by atoms with Crippen molar-refractivity contribution in [3.8, 4) is 5.69 Å². The summed E-state index contributed by atoms with van der Waals surface area (Å²) in [5.41, 5.74) is 2.69. The van der Waals surface area contributed by atoms with Gasteiger partial charge in [0.05, 0.1) is 12.9 Å². The quantitative estimate of drug-likeness (QED) is 0.735. The van der Waals surface area contributed by atoms with Crippen LogP contribution >= 0.6 is 0 Å². The van der Waals surface area contributed by atoms with Crippen molar-refractivity contribution in [2.24, 2.45) is 0 Å². The Morgan fingerprint density at radius 1 is 1.00 bits per heavy atom. The molecule has 0 aliphatic rings. The number of anilines is 2. The number of aromatic nitrogens is 2. The molecule has 0 atom stereocenters. The van der Waals surface area contributed by atoms with Crippen molar-refractivity contribution in [2.75, 3.05) is 17.2 Å². The molecule has 1 heterocycles. The summed E-state index contributed by atoms with van der Waals surface area (Å²) in [6.45, 7) is 2.04. The number of ether oxygens (including phenoxy) is 1. The van der Waals surface area contributed by atoms with E-state index in [1.165, 1.54) is 0 Å². The van der Waals surface area contributed by atoms with Crippen LogP contribution < -0.4 is 10.6 Å². The van der Waals surface area contributed by atoms with Gasteiger partial charge in [0.25, 0.3) is 5.91 Å². The molecule has 0 unspecified atom stereocenters. The predicted octanol–water partition coefficient (Wildman–Crippen LogP) is 3.69. The summed E-state index contributed by atoms with van der Waals surface area (Å²) in [6.07, 6.45) is 4.71. The first-order valence-electron chi connectivity index (χ1n) is 8.09. The molecule has 0 bridgehead atoms. The number of carbonyl (C=O) groups excluding carboxylic acids is 2. The molecule has 7 heteroatoms. The number of nitrogens with one attached hydrogen (secondary N) is 2. The number of benzene rings is 2. The monoisotopic (exact) mass is 350 g/mol. The van der Waals surface area contributed by atoms with Crippen LogP contribution in [0, 0.1) is 0 Å². The highest BCUT2D eigenvalue weighted by atomic mass is 16.5. The molecular weight excluding hydrogens is 332 g/mol. The van der Waals surface area contributed by atoms with Crippen LogP contribution in [0.3, 0.4) is 0 Å². The first-order chi connectivity index (χ1) is 12.7. The zero-order valence-corrected chi connectivity index (χ0v) is 14.2. The van der Waals surface area contributed by atoms with Gasteiger partial charge in [-0.1, -0.05) is 0 Å². The minimum atomic E-state index is -0.512. The van der Waals surface area contributed by atoms with E-state index in [9.17, 15) is 9.59 Å². The molecule has 26 heavy (non-hydrogen) atoms. The Morgan fingerprint density at radius 3 is 2.23 bits per heavy atom. The van der Waals surface area contributed by atoms with Crippen LogP contribution in [-0.4, -0.2) is 28.2 Å². The predicted molar refractivity (Wildman–Crippen MR) is 98.6 cm³/mol. The number of amides is 2. The largest absolute Gasteiger partial charge is 0.450 e. The molecule has 132 valence electrons. The topological polar surface area (TPSA) is 85.3 Å². The molecule has 1 aromatic heterocycles. The highest BCUT2D eigenvalue weighted by Crippen LogP contribution is 2.16.